The van der Waals surface area contributed by atoms with E-state index < -0.39 is 0 Å². The maximum absolute atomic E-state index is 5.77. The fraction of sp³-hybridized carbons (Fsp3) is 0.143. The summed E-state index contributed by atoms with van der Waals surface area (Å²) in [5.74, 6) is 0.896. The molecule has 17 heavy (non-hydrogen) atoms. The molecular weight excluding hydrogens is 296 g/mol. The summed E-state index contributed by atoms with van der Waals surface area (Å²) in [6, 6.07) is 16.3. The molecule has 0 spiro atoms. The zero-order valence-electron chi connectivity index (χ0n) is 9.52. The normalized spacial score (nSPS) is 10.2. The number of rotatable bonds is 4. The predicted octanol–water partition coefficient (Wildman–Crippen LogP) is 4.75. The van der Waals surface area contributed by atoms with Crippen molar-refractivity contribution in [3.63, 3.8) is 0 Å². The molecular formula is C14H13BrOS. The molecule has 0 aliphatic carbocycles. The average Bonchev–Trinajstić information content (AvgIpc) is 2.37. The van der Waals surface area contributed by atoms with Crippen LogP contribution in [0.3, 0.4) is 0 Å². The third kappa shape index (κ3) is 3.79. The summed E-state index contributed by atoms with van der Waals surface area (Å²) in [5.41, 5.74) is 1.18. The highest BCUT2D eigenvalue weighted by atomic mass is 79.9. The Hall–Kier alpha value is -0.930. The van der Waals surface area contributed by atoms with Gasteiger partial charge in [0.15, 0.2) is 0 Å². The largest absolute Gasteiger partial charge is 0.489 e. The van der Waals surface area contributed by atoms with Gasteiger partial charge in [-0.15, -0.1) is 11.8 Å². The highest BCUT2D eigenvalue weighted by molar-refractivity contribution is 9.10. The van der Waals surface area contributed by atoms with Gasteiger partial charge >= 0.3 is 0 Å². The lowest BCUT2D eigenvalue weighted by Gasteiger charge is -2.08. The SMILES string of the molecule is CSc1cc(Br)cc(OCc2ccccc2)c1. The third-order valence-corrected chi connectivity index (χ3v) is 3.49. The van der Waals surface area contributed by atoms with Gasteiger partial charge in [0.25, 0.3) is 0 Å². The number of benzene rings is 2. The van der Waals surface area contributed by atoms with Crippen LogP contribution in [0.1, 0.15) is 5.56 Å². The van der Waals surface area contributed by atoms with Gasteiger partial charge in [0.1, 0.15) is 12.4 Å². The Balaban J connectivity index is 2.06. The van der Waals surface area contributed by atoms with E-state index in [1.807, 2.05) is 24.3 Å². The van der Waals surface area contributed by atoms with E-state index in [4.69, 9.17) is 4.74 Å². The third-order valence-electron chi connectivity index (χ3n) is 2.33. The van der Waals surface area contributed by atoms with Gasteiger partial charge in [-0.3, -0.25) is 0 Å². The van der Waals surface area contributed by atoms with Gasteiger partial charge in [-0.25, -0.2) is 0 Å². The van der Waals surface area contributed by atoms with Crippen LogP contribution in [-0.2, 0) is 6.61 Å². The molecule has 0 aromatic heterocycles. The van der Waals surface area contributed by atoms with Gasteiger partial charge < -0.3 is 4.74 Å². The quantitative estimate of drug-likeness (QED) is 0.754. The van der Waals surface area contributed by atoms with E-state index in [9.17, 15) is 0 Å². The first-order valence-corrected chi connectivity index (χ1v) is 7.31. The molecule has 0 atom stereocenters. The average molecular weight is 309 g/mol. The van der Waals surface area contributed by atoms with Gasteiger partial charge in [-0.1, -0.05) is 46.3 Å². The van der Waals surface area contributed by atoms with Crippen molar-refractivity contribution in [2.75, 3.05) is 6.26 Å². The number of hydrogen-bond donors (Lipinski definition) is 0. The van der Waals surface area contributed by atoms with E-state index >= 15 is 0 Å². The summed E-state index contributed by atoms with van der Waals surface area (Å²) >= 11 is 5.20. The molecule has 3 heteroatoms. The lowest BCUT2D eigenvalue weighted by Crippen LogP contribution is -1.95. The Morgan fingerprint density at radius 1 is 1.12 bits per heavy atom. The van der Waals surface area contributed by atoms with Crippen LogP contribution in [0.25, 0.3) is 0 Å². The predicted molar refractivity (Wildman–Crippen MR) is 76.7 cm³/mol. The molecule has 88 valence electrons. The molecule has 0 saturated heterocycles. The minimum absolute atomic E-state index is 0.602. The second-order valence-corrected chi connectivity index (χ2v) is 5.40. The van der Waals surface area contributed by atoms with Crippen molar-refractivity contribution in [2.45, 2.75) is 11.5 Å². The van der Waals surface area contributed by atoms with Gasteiger partial charge in [0.2, 0.25) is 0 Å². The summed E-state index contributed by atoms with van der Waals surface area (Å²) in [7, 11) is 0. The zero-order valence-corrected chi connectivity index (χ0v) is 11.9. The molecule has 0 N–H and O–H groups in total. The van der Waals surface area contributed by atoms with Gasteiger partial charge in [0, 0.05) is 9.37 Å². The molecule has 0 radical (unpaired) electrons. The summed E-state index contributed by atoms with van der Waals surface area (Å²) in [6.07, 6.45) is 2.06. The smallest absolute Gasteiger partial charge is 0.122 e. The lowest BCUT2D eigenvalue weighted by atomic mass is 10.2. The van der Waals surface area contributed by atoms with Crippen molar-refractivity contribution >= 4 is 27.7 Å². The maximum atomic E-state index is 5.77. The van der Waals surface area contributed by atoms with Crippen LogP contribution in [0.15, 0.2) is 57.9 Å². The highest BCUT2D eigenvalue weighted by Crippen LogP contribution is 2.27. The summed E-state index contributed by atoms with van der Waals surface area (Å²) in [4.78, 5) is 1.20. The number of thioether (sulfide) groups is 1. The van der Waals surface area contributed by atoms with Crippen LogP contribution < -0.4 is 4.74 Å². The van der Waals surface area contributed by atoms with E-state index in [1.165, 1.54) is 10.5 Å². The van der Waals surface area contributed by atoms with E-state index in [0.717, 1.165) is 10.2 Å². The number of hydrogen-bond acceptors (Lipinski definition) is 2. The second kappa shape index (κ2) is 6.12. The minimum atomic E-state index is 0.602. The molecule has 0 bridgehead atoms. The topological polar surface area (TPSA) is 9.23 Å². The zero-order chi connectivity index (χ0) is 12.1. The first-order valence-electron chi connectivity index (χ1n) is 5.29. The minimum Gasteiger partial charge on any atom is -0.489 e. The van der Waals surface area contributed by atoms with Crippen molar-refractivity contribution in [1.82, 2.24) is 0 Å². The molecule has 0 heterocycles. The van der Waals surface area contributed by atoms with Crippen molar-refractivity contribution in [3.05, 3.63) is 58.6 Å². The summed E-state index contributed by atoms with van der Waals surface area (Å²) in [5, 5.41) is 0. The molecule has 2 aromatic carbocycles. The van der Waals surface area contributed by atoms with Crippen molar-refractivity contribution in [3.8, 4) is 5.75 Å². The number of halogens is 1. The van der Waals surface area contributed by atoms with Gasteiger partial charge in [0.05, 0.1) is 0 Å². The van der Waals surface area contributed by atoms with E-state index in [0.29, 0.717) is 6.61 Å². The molecule has 0 amide bonds. The Kier molecular flexibility index (Phi) is 4.51. The lowest BCUT2D eigenvalue weighted by molar-refractivity contribution is 0.305. The fourth-order valence-corrected chi connectivity index (χ4v) is 2.58. The molecule has 0 fully saturated rings. The van der Waals surface area contributed by atoms with Crippen molar-refractivity contribution < 1.29 is 4.74 Å². The van der Waals surface area contributed by atoms with Crippen LogP contribution >= 0.6 is 27.7 Å². The highest BCUT2D eigenvalue weighted by Gasteiger charge is 2.00. The van der Waals surface area contributed by atoms with Crippen LogP contribution in [0.2, 0.25) is 0 Å². The van der Waals surface area contributed by atoms with Crippen LogP contribution in [0.4, 0.5) is 0 Å². The summed E-state index contributed by atoms with van der Waals surface area (Å²) < 4.78 is 6.82. The molecule has 0 aliphatic heterocycles. The van der Waals surface area contributed by atoms with Gasteiger partial charge in [-0.05, 0) is 30.0 Å². The molecule has 0 aliphatic rings. The molecule has 0 unspecified atom stereocenters. The van der Waals surface area contributed by atoms with E-state index in [2.05, 4.69) is 46.5 Å². The molecule has 2 rings (SSSR count). The van der Waals surface area contributed by atoms with E-state index in [1.54, 1.807) is 11.8 Å². The summed E-state index contributed by atoms with van der Waals surface area (Å²) in [6.45, 7) is 0.602. The Morgan fingerprint density at radius 2 is 1.88 bits per heavy atom. The van der Waals surface area contributed by atoms with Crippen LogP contribution in [0, 0.1) is 0 Å². The second-order valence-electron chi connectivity index (χ2n) is 3.60. The molecule has 1 nitrogen and oxygen atoms in total. The molecule has 0 saturated carbocycles. The Bertz CT molecular complexity index is 485. The monoisotopic (exact) mass is 308 g/mol. The Morgan fingerprint density at radius 3 is 2.59 bits per heavy atom. The standard InChI is InChI=1S/C14H13BrOS/c1-17-14-8-12(15)7-13(9-14)16-10-11-5-3-2-4-6-11/h2-9H,10H2,1H3. The van der Waals surface area contributed by atoms with Crippen LogP contribution in [0.5, 0.6) is 5.75 Å². The first kappa shape index (κ1) is 12.5. The Labute approximate surface area is 114 Å². The number of ether oxygens (including phenoxy) is 1. The fourth-order valence-electron chi connectivity index (χ4n) is 1.48. The van der Waals surface area contributed by atoms with Crippen molar-refractivity contribution in [1.29, 1.82) is 0 Å². The van der Waals surface area contributed by atoms with Crippen molar-refractivity contribution in [2.24, 2.45) is 0 Å². The van der Waals surface area contributed by atoms with E-state index in [-0.39, 0.29) is 0 Å². The maximum Gasteiger partial charge on any atom is 0.122 e. The molecule has 2 aromatic rings. The van der Waals surface area contributed by atoms with Crippen LogP contribution in [-0.4, -0.2) is 6.26 Å². The van der Waals surface area contributed by atoms with Gasteiger partial charge in [-0.2, -0.15) is 0 Å². The first-order chi connectivity index (χ1) is 8.28.